The van der Waals surface area contributed by atoms with Crippen LogP contribution in [0.5, 0.6) is 0 Å². The standard InChI is InChI=1S/2C5H8O2.Ca.2H/c2*1-4(6)3-5(2)7;;;/h2*3H2,1-2H3;;;. The molecule has 0 saturated carbocycles. The molecule has 0 aliphatic carbocycles. The van der Waals surface area contributed by atoms with E-state index in [0.29, 0.717) is 0 Å². The molecule has 0 amide bonds. The van der Waals surface area contributed by atoms with Gasteiger partial charge in [-0.2, -0.15) is 0 Å². The Morgan fingerprint density at radius 3 is 0.733 bits per heavy atom. The third kappa shape index (κ3) is 31.5. The van der Waals surface area contributed by atoms with Crippen LogP contribution in [0.4, 0.5) is 0 Å². The van der Waals surface area contributed by atoms with E-state index < -0.39 is 0 Å². The average molecular weight is 242 g/mol. The zero-order valence-corrected chi connectivity index (χ0v) is 9.05. The number of rotatable bonds is 4. The molecule has 0 aliphatic heterocycles. The quantitative estimate of drug-likeness (QED) is 0.521. The van der Waals surface area contributed by atoms with Crippen LogP contribution in [0.1, 0.15) is 40.5 Å². The molecule has 0 aromatic rings. The molecule has 0 spiro atoms. The molecule has 15 heavy (non-hydrogen) atoms. The van der Waals surface area contributed by atoms with Gasteiger partial charge in [-0.25, -0.2) is 0 Å². The first kappa shape index (κ1) is 20.4. The van der Waals surface area contributed by atoms with E-state index in [0.717, 1.165) is 0 Å². The van der Waals surface area contributed by atoms with Crippen LogP contribution in [0, 0.1) is 0 Å². The average Bonchev–Trinajstić information content (AvgIpc) is 1.79. The molecule has 0 bridgehead atoms. The van der Waals surface area contributed by atoms with Crippen molar-refractivity contribution in [2.24, 2.45) is 0 Å². The first-order valence-electron chi connectivity index (χ1n) is 4.23. The van der Waals surface area contributed by atoms with E-state index in [1.807, 2.05) is 0 Å². The number of hydrogen-bond acceptors (Lipinski definition) is 4. The van der Waals surface area contributed by atoms with E-state index >= 15 is 0 Å². The second-order valence-electron chi connectivity index (χ2n) is 3.16. The summed E-state index contributed by atoms with van der Waals surface area (Å²) in [4.78, 5) is 40.1. The van der Waals surface area contributed by atoms with Crippen molar-refractivity contribution in [1.82, 2.24) is 0 Å². The monoisotopic (exact) mass is 242 g/mol. The van der Waals surface area contributed by atoms with Crippen LogP contribution in [0.15, 0.2) is 0 Å². The molecule has 0 atom stereocenters. The van der Waals surface area contributed by atoms with Crippen molar-refractivity contribution in [1.29, 1.82) is 0 Å². The van der Waals surface area contributed by atoms with Gasteiger partial charge in [-0.3, -0.25) is 19.2 Å². The molecule has 0 heterocycles. The summed E-state index contributed by atoms with van der Waals surface area (Å²) >= 11 is 0. The van der Waals surface area contributed by atoms with Gasteiger partial charge < -0.3 is 0 Å². The van der Waals surface area contributed by atoms with Gasteiger partial charge >= 0.3 is 37.7 Å². The third-order valence-electron chi connectivity index (χ3n) is 0.996. The van der Waals surface area contributed by atoms with Crippen molar-refractivity contribution in [3.05, 3.63) is 0 Å². The van der Waals surface area contributed by atoms with Gasteiger partial charge in [-0.15, -0.1) is 0 Å². The van der Waals surface area contributed by atoms with E-state index in [1.54, 1.807) is 0 Å². The normalized spacial score (nSPS) is 7.73. The number of Topliss-reactive ketones (excluding diaryl/α,β-unsaturated/α-hetero) is 4. The number of ketones is 4. The first-order valence-corrected chi connectivity index (χ1v) is 4.23. The number of carbonyl (C=O) groups is 4. The van der Waals surface area contributed by atoms with Crippen LogP contribution >= 0.6 is 0 Å². The van der Waals surface area contributed by atoms with Crippen molar-refractivity contribution >= 4 is 60.9 Å². The van der Waals surface area contributed by atoms with E-state index in [4.69, 9.17) is 0 Å². The fourth-order valence-electron chi connectivity index (χ4n) is 0.701. The Morgan fingerprint density at radius 1 is 0.600 bits per heavy atom. The minimum atomic E-state index is -0.0625. The molecule has 0 rings (SSSR count). The van der Waals surface area contributed by atoms with Crippen molar-refractivity contribution in [2.45, 2.75) is 40.5 Å². The summed E-state index contributed by atoms with van der Waals surface area (Å²) in [7, 11) is 0. The zero-order chi connectivity index (χ0) is 11.7. The van der Waals surface area contributed by atoms with Gasteiger partial charge in [-0.1, -0.05) is 0 Å². The van der Waals surface area contributed by atoms with Crippen molar-refractivity contribution in [3.63, 3.8) is 0 Å². The predicted octanol–water partition coefficient (Wildman–Crippen LogP) is 0.193. The maximum atomic E-state index is 10.0. The Kier molecular flexibility index (Phi) is 16.3. The molecule has 0 aromatic heterocycles. The molecular formula is C10H18CaO4. The Labute approximate surface area is 120 Å². The summed E-state index contributed by atoms with van der Waals surface area (Å²) in [5.74, 6) is -0.250. The third-order valence-corrected chi connectivity index (χ3v) is 0.996. The molecule has 0 radical (unpaired) electrons. The summed E-state index contributed by atoms with van der Waals surface area (Å²) in [5, 5.41) is 0. The van der Waals surface area contributed by atoms with Gasteiger partial charge in [0, 0.05) is 0 Å². The van der Waals surface area contributed by atoms with Crippen LogP contribution in [0.25, 0.3) is 0 Å². The summed E-state index contributed by atoms with van der Waals surface area (Å²) in [6.45, 7) is 5.62. The predicted molar refractivity (Wildman–Crippen MR) is 60.5 cm³/mol. The Balaban J connectivity index is -0.000000180. The Morgan fingerprint density at radius 2 is 0.733 bits per heavy atom. The van der Waals surface area contributed by atoms with Crippen LogP contribution in [-0.4, -0.2) is 60.9 Å². The van der Waals surface area contributed by atoms with Crippen LogP contribution < -0.4 is 0 Å². The maximum absolute atomic E-state index is 10.0. The topological polar surface area (TPSA) is 68.3 Å². The van der Waals surface area contributed by atoms with Gasteiger partial charge in [0.25, 0.3) is 0 Å². The Bertz CT molecular complexity index is 196. The van der Waals surface area contributed by atoms with E-state index in [1.165, 1.54) is 27.7 Å². The number of hydrogen-bond donors (Lipinski definition) is 0. The molecule has 4 nitrogen and oxygen atoms in total. The van der Waals surface area contributed by atoms with Gasteiger partial charge in [-0.05, 0) is 27.7 Å². The molecular weight excluding hydrogens is 224 g/mol. The second kappa shape index (κ2) is 12.0. The molecule has 0 saturated heterocycles. The van der Waals surface area contributed by atoms with Crippen molar-refractivity contribution in [3.8, 4) is 0 Å². The van der Waals surface area contributed by atoms with Gasteiger partial charge in [0.2, 0.25) is 0 Å². The van der Waals surface area contributed by atoms with E-state index in [2.05, 4.69) is 0 Å². The minimum absolute atomic E-state index is 0. The van der Waals surface area contributed by atoms with E-state index in [9.17, 15) is 19.2 Å². The molecule has 5 heteroatoms. The van der Waals surface area contributed by atoms with E-state index in [-0.39, 0.29) is 73.7 Å². The molecule has 0 N–H and O–H groups in total. The molecule has 0 unspecified atom stereocenters. The first-order chi connectivity index (χ1) is 6.25. The number of carbonyl (C=O) groups excluding carboxylic acids is 4. The van der Waals surface area contributed by atoms with Gasteiger partial charge in [0.05, 0.1) is 12.8 Å². The second-order valence-corrected chi connectivity index (χ2v) is 3.16. The Hall–Kier alpha value is -0.0603. The zero-order valence-electron chi connectivity index (χ0n) is 9.05. The van der Waals surface area contributed by atoms with Crippen LogP contribution in [0.2, 0.25) is 0 Å². The van der Waals surface area contributed by atoms with Crippen molar-refractivity contribution in [2.75, 3.05) is 0 Å². The fourth-order valence-corrected chi connectivity index (χ4v) is 0.701. The fraction of sp³-hybridized carbons (Fsp3) is 0.600. The molecule has 0 aliphatic rings. The summed E-state index contributed by atoms with van der Waals surface area (Å²) < 4.78 is 0. The van der Waals surface area contributed by atoms with Crippen molar-refractivity contribution < 1.29 is 19.2 Å². The van der Waals surface area contributed by atoms with Crippen LogP contribution in [-0.2, 0) is 19.2 Å². The summed E-state index contributed by atoms with van der Waals surface area (Å²) in [6, 6.07) is 0. The van der Waals surface area contributed by atoms with Crippen LogP contribution in [0.3, 0.4) is 0 Å². The van der Waals surface area contributed by atoms with Gasteiger partial charge in [0.15, 0.2) is 0 Å². The summed E-state index contributed by atoms with van der Waals surface area (Å²) in [5.41, 5.74) is 0. The van der Waals surface area contributed by atoms with Gasteiger partial charge in [0.1, 0.15) is 23.1 Å². The SMILES string of the molecule is CC(=O)CC(C)=O.CC(=O)CC(C)=O.[CaH2]. The summed E-state index contributed by atoms with van der Waals surface area (Å²) in [6.07, 6.45) is 0.167. The molecule has 0 fully saturated rings. The molecule has 84 valence electrons. The molecule has 0 aromatic carbocycles.